The van der Waals surface area contributed by atoms with Gasteiger partial charge >= 0.3 is 5.97 Å². The average molecular weight is 332 g/mol. The van der Waals surface area contributed by atoms with Gasteiger partial charge in [0.15, 0.2) is 5.82 Å². The van der Waals surface area contributed by atoms with Crippen molar-refractivity contribution in [2.75, 3.05) is 18.5 Å². The zero-order valence-corrected chi connectivity index (χ0v) is 12.0. The van der Waals surface area contributed by atoms with Crippen LogP contribution in [-0.4, -0.2) is 30.3 Å². The predicted octanol–water partition coefficient (Wildman–Crippen LogP) is 3.12. The lowest BCUT2D eigenvalue weighted by Gasteiger charge is -2.16. The van der Waals surface area contributed by atoms with Crippen molar-refractivity contribution in [1.29, 1.82) is 0 Å². The summed E-state index contributed by atoms with van der Waals surface area (Å²) in [6.07, 6.45) is 1.11. The molecule has 0 saturated carbocycles. The first kappa shape index (κ1) is 14.3. The molecular formula is C13H15BrFNO3. The molecule has 0 aliphatic carbocycles. The Morgan fingerprint density at radius 3 is 2.95 bits per heavy atom. The Morgan fingerprint density at radius 2 is 2.37 bits per heavy atom. The van der Waals surface area contributed by atoms with Gasteiger partial charge in [-0.3, -0.25) is 0 Å². The van der Waals surface area contributed by atoms with Crippen LogP contribution in [0.15, 0.2) is 16.6 Å². The minimum absolute atomic E-state index is 0.0271. The smallest absolute Gasteiger partial charge is 0.336 e. The normalized spacial score (nSPS) is 22.5. The van der Waals surface area contributed by atoms with E-state index in [1.165, 1.54) is 12.1 Å². The lowest BCUT2D eigenvalue weighted by molar-refractivity contribution is 0.0695. The van der Waals surface area contributed by atoms with Gasteiger partial charge in [0.1, 0.15) is 0 Å². The van der Waals surface area contributed by atoms with E-state index < -0.39 is 11.8 Å². The van der Waals surface area contributed by atoms with Gasteiger partial charge in [-0.05, 0) is 41.4 Å². The first-order valence-corrected chi connectivity index (χ1v) is 6.86. The van der Waals surface area contributed by atoms with E-state index in [4.69, 9.17) is 9.84 Å². The number of carboxylic acids is 1. The van der Waals surface area contributed by atoms with E-state index in [-0.39, 0.29) is 16.1 Å². The number of hydrogen-bond donors (Lipinski definition) is 2. The number of carboxylic acid groups (broad SMARTS) is 1. The molecule has 0 bridgehead atoms. The van der Waals surface area contributed by atoms with Crippen LogP contribution in [0.1, 0.15) is 23.7 Å². The van der Waals surface area contributed by atoms with Crippen molar-refractivity contribution < 1.29 is 19.0 Å². The van der Waals surface area contributed by atoms with E-state index >= 15 is 0 Å². The highest BCUT2D eigenvalue weighted by molar-refractivity contribution is 9.10. The van der Waals surface area contributed by atoms with Gasteiger partial charge in [-0.1, -0.05) is 0 Å². The zero-order valence-electron chi connectivity index (χ0n) is 10.5. The second kappa shape index (κ2) is 5.88. The number of nitrogens with one attached hydrogen (secondary N) is 1. The number of ether oxygens (including phenoxy) is 1. The van der Waals surface area contributed by atoms with Gasteiger partial charge in [0.25, 0.3) is 0 Å². The maximum absolute atomic E-state index is 14.0. The van der Waals surface area contributed by atoms with Gasteiger partial charge in [0, 0.05) is 19.1 Å². The molecule has 4 nitrogen and oxygen atoms in total. The second-order valence-corrected chi connectivity index (χ2v) is 5.39. The summed E-state index contributed by atoms with van der Waals surface area (Å²) in [6, 6.07) is 2.83. The van der Waals surface area contributed by atoms with E-state index in [0.29, 0.717) is 18.2 Å². The van der Waals surface area contributed by atoms with Crippen LogP contribution in [0, 0.1) is 11.7 Å². The van der Waals surface area contributed by atoms with Crippen LogP contribution in [0.4, 0.5) is 10.1 Å². The Hall–Kier alpha value is -1.14. The SMILES string of the molecule is CC1OCCC1CNc1ccc(C(=O)O)c(Br)c1F. The zero-order chi connectivity index (χ0) is 14.0. The summed E-state index contributed by atoms with van der Waals surface area (Å²) in [6.45, 7) is 3.34. The molecule has 1 aliphatic heterocycles. The minimum Gasteiger partial charge on any atom is -0.478 e. The number of halogens is 2. The summed E-state index contributed by atoms with van der Waals surface area (Å²) in [4.78, 5) is 10.9. The third-order valence-electron chi connectivity index (χ3n) is 3.40. The highest BCUT2D eigenvalue weighted by atomic mass is 79.9. The van der Waals surface area contributed by atoms with Gasteiger partial charge in [-0.25, -0.2) is 9.18 Å². The van der Waals surface area contributed by atoms with Crippen LogP contribution in [0.5, 0.6) is 0 Å². The van der Waals surface area contributed by atoms with Crippen LogP contribution in [-0.2, 0) is 4.74 Å². The number of rotatable bonds is 4. The van der Waals surface area contributed by atoms with E-state index in [1.54, 1.807) is 0 Å². The van der Waals surface area contributed by atoms with E-state index in [0.717, 1.165) is 13.0 Å². The van der Waals surface area contributed by atoms with Crippen LogP contribution in [0.2, 0.25) is 0 Å². The van der Waals surface area contributed by atoms with Gasteiger partial charge in [-0.15, -0.1) is 0 Å². The van der Waals surface area contributed by atoms with E-state index in [1.807, 2.05) is 6.92 Å². The summed E-state index contributed by atoms with van der Waals surface area (Å²) < 4.78 is 19.4. The number of hydrogen-bond acceptors (Lipinski definition) is 3. The number of anilines is 1. The quantitative estimate of drug-likeness (QED) is 0.889. The second-order valence-electron chi connectivity index (χ2n) is 4.60. The Kier molecular flexibility index (Phi) is 4.42. The highest BCUT2D eigenvalue weighted by Crippen LogP contribution is 2.28. The number of benzene rings is 1. The van der Waals surface area contributed by atoms with E-state index in [2.05, 4.69) is 21.2 Å². The minimum atomic E-state index is -1.16. The molecule has 2 unspecified atom stereocenters. The molecule has 0 aromatic heterocycles. The molecule has 1 heterocycles. The molecule has 0 spiro atoms. The monoisotopic (exact) mass is 331 g/mol. The predicted molar refractivity (Wildman–Crippen MR) is 73.1 cm³/mol. The van der Waals surface area contributed by atoms with Crippen molar-refractivity contribution in [3.63, 3.8) is 0 Å². The maximum atomic E-state index is 14.0. The van der Waals surface area contributed by atoms with Gasteiger partial charge in [0.2, 0.25) is 0 Å². The standard InChI is InChI=1S/C13H15BrFNO3/c1-7-8(4-5-19-7)6-16-10-3-2-9(13(17)18)11(14)12(10)15/h2-3,7-8,16H,4-6H2,1H3,(H,17,18). The molecule has 1 aromatic rings. The Morgan fingerprint density at radius 1 is 1.63 bits per heavy atom. The average Bonchev–Trinajstić information content (AvgIpc) is 2.76. The lowest BCUT2D eigenvalue weighted by atomic mass is 10.0. The number of carbonyl (C=O) groups is 1. The molecule has 1 saturated heterocycles. The van der Waals surface area contributed by atoms with Crippen molar-refractivity contribution in [3.05, 3.63) is 28.0 Å². The topological polar surface area (TPSA) is 58.6 Å². The van der Waals surface area contributed by atoms with Crippen LogP contribution in [0.25, 0.3) is 0 Å². The molecular weight excluding hydrogens is 317 g/mol. The fraction of sp³-hybridized carbons (Fsp3) is 0.462. The fourth-order valence-electron chi connectivity index (χ4n) is 2.14. The summed E-state index contributed by atoms with van der Waals surface area (Å²) >= 11 is 2.98. The van der Waals surface area contributed by atoms with Gasteiger partial charge < -0.3 is 15.2 Å². The van der Waals surface area contributed by atoms with Crippen LogP contribution >= 0.6 is 15.9 Å². The molecule has 104 valence electrons. The van der Waals surface area contributed by atoms with E-state index in [9.17, 15) is 9.18 Å². The Bertz CT molecular complexity index is 495. The molecule has 2 rings (SSSR count). The summed E-state index contributed by atoms with van der Waals surface area (Å²) in [5.41, 5.74) is 0.219. The third kappa shape index (κ3) is 3.06. The summed E-state index contributed by atoms with van der Waals surface area (Å²) in [5, 5.41) is 11.9. The third-order valence-corrected chi connectivity index (χ3v) is 4.18. The Labute approximate surface area is 119 Å². The fourth-order valence-corrected chi connectivity index (χ4v) is 2.65. The highest BCUT2D eigenvalue weighted by Gasteiger charge is 2.24. The van der Waals surface area contributed by atoms with Crippen molar-refractivity contribution in [2.24, 2.45) is 5.92 Å². The maximum Gasteiger partial charge on any atom is 0.336 e. The van der Waals surface area contributed by atoms with Crippen molar-refractivity contribution >= 4 is 27.6 Å². The molecule has 0 radical (unpaired) electrons. The summed E-state index contributed by atoms with van der Waals surface area (Å²) in [5.74, 6) is -1.39. The Balaban J connectivity index is 2.09. The molecule has 2 atom stereocenters. The van der Waals surface area contributed by atoms with Crippen molar-refractivity contribution in [1.82, 2.24) is 0 Å². The lowest BCUT2D eigenvalue weighted by Crippen LogP contribution is -2.21. The largest absolute Gasteiger partial charge is 0.478 e. The number of aromatic carboxylic acids is 1. The van der Waals surface area contributed by atoms with Crippen molar-refractivity contribution in [3.8, 4) is 0 Å². The van der Waals surface area contributed by atoms with Crippen LogP contribution in [0.3, 0.4) is 0 Å². The molecule has 1 aromatic carbocycles. The molecule has 1 aliphatic rings. The van der Waals surface area contributed by atoms with Gasteiger partial charge in [-0.2, -0.15) is 0 Å². The van der Waals surface area contributed by atoms with Crippen molar-refractivity contribution in [2.45, 2.75) is 19.4 Å². The first-order valence-electron chi connectivity index (χ1n) is 6.07. The first-order chi connectivity index (χ1) is 9.00. The molecule has 1 fully saturated rings. The summed E-state index contributed by atoms with van der Waals surface area (Å²) in [7, 11) is 0. The molecule has 2 N–H and O–H groups in total. The molecule has 19 heavy (non-hydrogen) atoms. The van der Waals surface area contributed by atoms with Crippen LogP contribution < -0.4 is 5.32 Å². The van der Waals surface area contributed by atoms with Gasteiger partial charge in [0.05, 0.1) is 21.8 Å². The molecule has 0 amide bonds. The molecule has 6 heteroatoms.